The van der Waals surface area contributed by atoms with Crippen LogP contribution >= 0.6 is 0 Å². The summed E-state index contributed by atoms with van der Waals surface area (Å²) in [5.74, 6) is 0.970. The molecule has 1 aliphatic carbocycles. The fourth-order valence-electron chi connectivity index (χ4n) is 4.78. The molecule has 0 saturated heterocycles. The fourth-order valence-corrected chi connectivity index (χ4v) is 4.78. The maximum atomic E-state index is 13.3. The molecular formula is C25H24N2O2. The predicted molar refractivity (Wildman–Crippen MR) is 115 cm³/mol. The molecule has 2 aromatic carbocycles. The highest BCUT2D eigenvalue weighted by Crippen LogP contribution is 2.50. The fraction of sp³-hybridized carbons (Fsp3) is 0.280. The summed E-state index contributed by atoms with van der Waals surface area (Å²) in [5, 5.41) is 4.73. The number of benzene rings is 2. The maximum absolute atomic E-state index is 13.3. The Bertz CT molecular complexity index is 1160. The number of hydrogen-bond donors (Lipinski definition) is 1. The van der Waals surface area contributed by atoms with Crippen molar-refractivity contribution >= 4 is 22.4 Å². The van der Waals surface area contributed by atoms with E-state index >= 15 is 0 Å². The number of ketones is 1. The molecule has 1 aliphatic heterocycles. The zero-order valence-corrected chi connectivity index (χ0v) is 17.0. The molecule has 29 heavy (non-hydrogen) atoms. The molecule has 4 nitrogen and oxygen atoms in total. The van der Waals surface area contributed by atoms with Crippen LogP contribution in [-0.4, -0.2) is 17.9 Å². The summed E-state index contributed by atoms with van der Waals surface area (Å²) in [7, 11) is 1.67. The number of hydrogen-bond acceptors (Lipinski definition) is 4. The number of nitrogens with zero attached hydrogens (tertiary/aromatic N) is 1. The summed E-state index contributed by atoms with van der Waals surface area (Å²) >= 11 is 0. The number of carbonyl (C=O) groups excluding carboxylic acids is 1. The molecule has 2 aliphatic rings. The number of carbonyl (C=O) groups is 1. The van der Waals surface area contributed by atoms with Gasteiger partial charge in [-0.3, -0.25) is 9.78 Å². The van der Waals surface area contributed by atoms with Gasteiger partial charge in [-0.15, -0.1) is 0 Å². The Balaban J connectivity index is 1.76. The maximum Gasteiger partial charge on any atom is 0.162 e. The van der Waals surface area contributed by atoms with Gasteiger partial charge in [0.15, 0.2) is 5.78 Å². The average molecular weight is 384 g/mol. The van der Waals surface area contributed by atoms with Crippen molar-refractivity contribution < 1.29 is 9.53 Å². The number of fused-ring (bicyclic) bond motifs is 3. The minimum absolute atomic E-state index is 0.0479. The van der Waals surface area contributed by atoms with Crippen LogP contribution in [0, 0.1) is 5.41 Å². The largest absolute Gasteiger partial charge is 0.497 e. The van der Waals surface area contributed by atoms with Gasteiger partial charge in [0.05, 0.1) is 18.3 Å². The Morgan fingerprint density at radius 3 is 2.62 bits per heavy atom. The van der Waals surface area contributed by atoms with Gasteiger partial charge >= 0.3 is 0 Å². The van der Waals surface area contributed by atoms with Gasteiger partial charge in [0.2, 0.25) is 0 Å². The standard InChI is InChI=1S/C25H24N2O2/c1-25(2)13-20-23(21(28)14-25)22(15-6-8-16(29-3)9-7-15)18-10-11-19-17(24(18)27-20)5-4-12-26-19/h4-12,22,27H,13-14H2,1-3H3. The van der Waals surface area contributed by atoms with E-state index in [1.807, 2.05) is 24.4 Å². The first-order valence-corrected chi connectivity index (χ1v) is 10.0. The normalized spacial score (nSPS) is 20.1. The van der Waals surface area contributed by atoms with Crippen LogP contribution in [-0.2, 0) is 4.79 Å². The van der Waals surface area contributed by atoms with Crippen LogP contribution in [0.15, 0.2) is 66.0 Å². The van der Waals surface area contributed by atoms with Crippen LogP contribution in [0.3, 0.4) is 0 Å². The van der Waals surface area contributed by atoms with Crippen molar-refractivity contribution in [1.82, 2.24) is 4.98 Å². The van der Waals surface area contributed by atoms with Gasteiger partial charge in [0, 0.05) is 35.2 Å². The number of aromatic nitrogens is 1. The first kappa shape index (κ1) is 17.9. The lowest BCUT2D eigenvalue weighted by Crippen LogP contribution is -2.33. The van der Waals surface area contributed by atoms with E-state index in [1.54, 1.807) is 7.11 Å². The molecule has 1 unspecified atom stereocenters. The molecule has 1 atom stereocenters. The molecule has 4 heteroatoms. The lowest BCUT2D eigenvalue weighted by atomic mass is 9.68. The molecule has 146 valence electrons. The van der Waals surface area contributed by atoms with E-state index in [0.29, 0.717) is 6.42 Å². The average Bonchev–Trinajstić information content (AvgIpc) is 2.71. The Kier molecular flexibility index (Phi) is 3.98. The number of ether oxygens (including phenoxy) is 1. The first-order chi connectivity index (χ1) is 14.0. The summed E-state index contributed by atoms with van der Waals surface area (Å²) in [4.78, 5) is 17.8. The van der Waals surface area contributed by atoms with Gasteiger partial charge in [-0.1, -0.05) is 32.0 Å². The van der Waals surface area contributed by atoms with Crippen molar-refractivity contribution in [3.63, 3.8) is 0 Å². The zero-order chi connectivity index (χ0) is 20.2. The quantitative estimate of drug-likeness (QED) is 0.639. The summed E-state index contributed by atoms with van der Waals surface area (Å²) < 4.78 is 5.34. The van der Waals surface area contributed by atoms with Gasteiger partial charge in [0.25, 0.3) is 0 Å². The second-order valence-corrected chi connectivity index (χ2v) is 8.76. The Labute approximate surface area is 170 Å². The highest BCUT2D eigenvalue weighted by atomic mass is 16.5. The van der Waals surface area contributed by atoms with Crippen LogP contribution in [0.1, 0.15) is 43.7 Å². The minimum atomic E-state index is -0.0830. The SMILES string of the molecule is COc1ccc(C2C3=C(CC(C)(C)CC3=O)Nc3c2ccc2ncccc32)cc1. The van der Waals surface area contributed by atoms with Crippen molar-refractivity contribution in [3.05, 3.63) is 77.1 Å². The van der Waals surface area contributed by atoms with Gasteiger partial charge in [-0.05, 0) is 53.3 Å². The molecule has 2 heterocycles. The monoisotopic (exact) mass is 384 g/mol. The highest BCUT2D eigenvalue weighted by Gasteiger charge is 2.40. The third kappa shape index (κ3) is 2.91. The van der Waals surface area contributed by atoms with Gasteiger partial charge in [0.1, 0.15) is 5.75 Å². The smallest absolute Gasteiger partial charge is 0.162 e. The van der Waals surface area contributed by atoms with E-state index in [1.165, 1.54) is 0 Å². The van der Waals surface area contributed by atoms with Gasteiger partial charge in [-0.2, -0.15) is 0 Å². The molecular weight excluding hydrogens is 360 g/mol. The van der Waals surface area contributed by atoms with E-state index in [2.05, 4.69) is 54.5 Å². The van der Waals surface area contributed by atoms with E-state index in [4.69, 9.17) is 4.74 Å². The molecule has 0 saturated carbocycles. The third-order valence-corrected chi connectivity index (χ3v) is 6.06. The lowest BCUT2D eigenvalue weighted by molar-refractivity contribution is -0.118. The number of allylic oxidation sites excluding steroid dienone is 2. The molecule has 3 aromatic rings. The van der Waals surface area contributed by atoms with E-state index in [0.717, 1.165) is 51.2 Å². The molecule has 0 fully saturated rings. The summed E-state index contributed by atoms with van der Waals surface area (Å²) in [6.07, 6.45) is 3.25. The summed E-state index contributed by atoms with van der Waals surface area (Å²) in [6, 6.07) is 16.3. The Morgan fingerprint density at radius 1 is 1.07 bits per heavy atom. The van der Waals surface area contributed by atoms with Crippen LogP contribution in [0.4, 0.5) is 5.69 Å². The van der Waals surface area contributed by atoms with E-state index in [9.17, 15) is 4.79 Å². The second-order valence-electron chi connectivity index (χ2n) is 8.76. The first-order valence-electron chi connectivity index (χ1n) is 10.0. The molecule has 0 amide bonds. The number of Topliss-reactive ketones (excluding diaryl/α,β-unsaturated/α-hetero) is 1. The predicted octanol–water partition coefficient (Wildman–Crippen LogP) is 5.44. The van der Waals surface area contributed by atoms with Crippen molar-refractivity contribution in [2.75, 3.05) is 12.4 Å². The Morgan fingerprint density at radius 2 is 1.86 bits per heavy atom. The number of pyridine rings is 1. The van der Waals surface area contributed by atoms with Crippen LogP contribution in [0.25, 0.3) is 10.9 Å². The minimum Gasteiger partial charge on any atom is -0.497 e. The lowest BCUT2D eigenvalue weighted by Gasteiger charge is -2.39. The zero-order valence-electron chi connectivity index (χ0n) is 17.0. The summed E-state index contributed by atoms with van der Waals surface area (Å²) in [5.41, 5.74) is 6.17. The second kappa shape index (κ2) is 6.45. The van der Waals surface area contributed by atoms with Crippen LogP contribution in [0.5, 0.6) is 5.75 Å². The topological polar surface area (TPSA) is 51.2 Å². The van der Waals surface area contributed by atoms with Crippen molar-refractivity contribution in [2.24, 2.45) is 5.41 Å². The molecule has 1 aromatic heterocycles. The van der Waals surface area contributed by atoms with Crippen molar-refractivity contribution in [2.45, 2.75) is 32.6 Å². The van der Waals surface area contributed by atoms with Crippen molar-refractivity contribution in [3.8, 4) is 5.75 Å². The van der Waals surface area contributed by atoms with E-state index < -0.39 is 0 Å². The highest BCUT2D eigenvalue weighted by molar-refractivity contribution is 6.04. The molecule has 0 bridgehead atoms. The number of anilines is 1. The number of nitrogens with one attached hydrogen (secondary N) is 1. The molecule has 5 rings (SSSR count). The van der Waals surface area contributed by atoms with Crippen molar-refractivity contribution in [1.29, 1.82) is 0 Å². The Hall–Kier alpha value is -3.14. The van der Waals surface area contributed by atoms with Gasteiger partial charge in [-0.25, -0.2) is 0 Å². The van der Waals surface area contributed by atoms with Crippen LogP contribution in [0.2, 0.25) is 0 Å². The molecule has 0 radical (unpaired) electrons. The number of methoxy groups -OCH3 is 1. The van der Waals surface area contributed by atoms with E-state index in [-0.39, 0.29) is 17.1 Å². The number of rotatable bonds is 2. The summed E-state index contributed by atoms with van der Waals surface area (Å²) in [6.45, 7) is 4.33. The third-order valence-electron chi connectivity index (χ3n) is 6.06. The molecule has 1 N–H and O–H groups in total. The van der Waals surface area contributed by atoms with Gasteiger partial charge < -0.3 is 10.1 Å². The molecule has 0 spiro atoms. The van der Waals surface area contributed by atoms with Crippen LogP contribution < -0.4 is 10.1 Å².